The van der Waals surface area contributed by atoms with Crippen molar-refractivity contribution in [1.29, 1.82) is 0 Å². The molecule has 0 aromatic heterocycles. The highest BCUT2D eigenvalue weighted by Gasteiger charge is 2.08. The van der Waals surface area contributed by atoms with Gasteiger partial charge in [-0.15, -0.1) is 11.8 Å². The van der Waals surface area contributed by atoms with Crippen molar-refractivity contribution in [2.24, 2.45) is 0 Å². The fourth-order valence-electron chi connectivity index (χ4n) is 2.33. The third kappa shape index (κ3) is 7.50. The summed E-state index contributed by atoms with van der Waals surface area (Å²) in [6.45, 7) is 2.27. The highest BCUT2D eigenvalue weighted by Crippen LogP contribution is 2.19. The van der Waals surface area contributed by atoms with Gasteiger partial charge in [-0.3, -0.25) is 9.59 Å². The zero-order valence-corrected chi connectivity index (χ0v) is 16.2. The Labute approximate surface area is 163 Å². The summed E-state index contributed by atoms with van der Waals surface area (Å²) in [5.41, 5.74) is 2.85. The van der Waals surface area contributed by atoms with Gasteiger partial charge in [0.25, 0.3) is 0 Å². The third-order valence-corrected chi connectivity index (χ3v) is 4.77. The molecule has 0 unspecified atom stereocenters. The molecule has 4 nitrogen and oxygen atoms in total. The summed E-state index contributed by atoms with van der Waals surface area (Å²) in [5, 5.41) is 3.44. The number of thioether (sulfide) groups is 1. The van der Waals surface area contributed by atoms with Crippen molar-refractivity contribution in [3.8, 4) is 0 Å². The monoisotopic (exact) mass is 391 g/mol. The number of carbonyl (C=O) groups excluding carboxylic acids is 2. The average Bonchev–Trinajstić information content (AvgIpc) is 2.62. The molecule has 2 aromatic rings. The number of aryl methyl sites for hydroxylation is 2. The smallest absolute Gasteiger partial charge is 0.315 e. The molecule has 138 valence electrons. The van der Waals surface area contributed by atoms with Crippen LogP contribution in [0.5, 0.6) is 0 Å². The van der Waals surface area contributed by atoms with Crippen molar-refractivity contribution in [2.75, 3.05) is 23.4 Å². The first-order valence-electron chi connectivity index (χ1n) is 8.38. The van der Waals surface area contributed by atoms with Crippen LogP contribution in [0, 0.1) is 6.92 Å². The number of halogens is 1. The van der Waals surface area contributed by atoms with Crippen molar-refractivity contribution < 1.29 is 14.3 Å². The number of ether oxygens (including phenoxy) is 1. The fraction of sp³-hybridized carbons (Fsp3) is 0.300. The van der Waals surface area contributed by atoms with Gasteiger partial charge in [0, 0.05) is 10.7 Å². The van der Waals surface area contributed by atoms with E-state index in [-0.39, 0.29) is 23.4 Å². The van der Waals surface area contributed by atoms with Gasteiger partial charge in [-0.05, 0) is 49.1 Å². The Hall–Kier alpha value is -1.98. The zero-order chi connectivity index (χ0) is 18.8. The molecule has 0 saturated carbocycles. The molecule has 0 fully saturated rings. The number of benzene rings is 2. The lowest BCUT2D eigenvalue weighted by Gasteiger charge is -2.08. The second-order valence-corrected chi connectivity index (χ2v) is 7.23. The molecule has 1 amide bonds. The summed E-state index contributed by atoms with van der Waals surface area (Å²) < 4.78 is 5.19. The largest absolute Gasteiger partial charge is 0.465 e. The highest BCUT2D eigenvalue weighted by atomic mass is 35.5. The molecule has 0 aliphatic rings. The lowest BCUT2D eigenvalue weighted by Crippen LogP contribution is -2.17. The first kappa shape index (κ1) is 20.3. The Kier molecular flexibility index (Phi) is 8.51. The second-order valence-electron chi connectivity index (χ2n) is 5.81. The molecule has 0 heterocycles. The van der Waals surface area contributed by atoms with Gasteiger partial charge in [0.15, 0.2) is 0 Å². The molecule has 1 N–H and O–H groups in total. The standard InChI is InChI=1S/C20H22ClNO3S/c1-15-12-17(21)9-10-18(15)22-19(23)13-26-14-20(24)25-11-5-8-16-6-3-2-4-7-16/h2-4,6-7,9-10,12H,5,8,11,13-14H2,1H3,(H,22,23). The van der Waals surface area contributed by atoms with Crippen molar-refractivity contribution in [1.82, 2.24) is 0 Å². The quantitative estimate of drug-likeness (QED) is 0.505. The van der Waals surface area contributed by atoms with Crippen LogP contribution in [-0.2, 0) is 20.7 Å². The van der Waals surface area contributed by atoms with E-state index < -0.39 is 0 Å². The predicted octanol–water partition coefficient (Wildman–Crippen LogP) is 4.50. The van der Waals surface area contributed by atoms with Gasteiger partial charge in [-0.1, -0.05) is 41.9 Å². The Morgan fingerprint density at radius 1 is 1.12 bits per heavy atom. The lowest BCUT2D eigenvalue weighted by molar-refractivity contribution is -0.140. The van der Waals surface area contributed by atoms with Gasteiger partial charge >= 0.3 is 5.97 Å². The normalized spacial score (nSPS) is 10.4. The van der Waals surface area contributed by atoms with Crippen molar-refractivity contribution in [3.63, 3.8) is 0 Å². The van der Waals surface area contributed by atoms with E-state index in [1.807, 2.05) is 25.1 Å². The van der Waals surface area contributed by atoms with E-state index in [0.29, 0.717) is 11.6 Å². The summed E-state index contributed by atoms with van der Waals surface area (Å²) >= 11 is 7.13. The van der Waals surface area contributed by atoms with Crippen LogP contribution in [-0.4, -0.2) is 30.0 Å². The SMILES string of the molecule is Cc1cc(Cl)ccc1NC(=O)CSCC(=O)OCCCc1ccccc1. The number of nitrogens with one attached hydrogen (secondary N) is 1. The minimum absolute atomic E-state index is 0.155. The summed E-state index contributed by atoms with van der Waals surface area (Å²) in [7, 11) is 0. The number of carbonyl (C=O) groups is 2. The van der Waals surface area contributed by atoms with E-state index in [2.05, 4.69) is 17.4 Å². The molecule has 2 aromatic carbocycles. The number of hydrogen-bond acceptors (Lipinski definition) is 4. The molecule has 0 aliphatic heterocycles. The molecule has 6 heteroatoms. The topological polar surface area (TPSA) is 55.4 Å². The van der Waals surface area contributed by atoms with Crippen LogP contribution >= 0.6 is 23.4 Å². The van der Waals surface area contributed by atoms with Crippen LogP contribution in [0.15, 0.2) is 48.5 Å². The maximum absolute atomic E-state index is 11.9. The van der Waals surface area contributed by atoms with Gasteiger partial charge in [-0.2, -0.15) is 0 Å². The predicted molar refractivity (Wildman–Crippen MR) is 108 cm³/mol. The number of rotatable bonds is 9. The van der Waals surface area contributed by atoms with Crippen LogP contribution in [0.3, 0.4) is 0 Å². The lowest BCUT2D eigenvalue weighted by atomic mass is 10.1. The first-order chi connectivity index (χ1) is 12.5. The number of anilines is 1. The minimum atomic E-state index is -0.293. The van der Waals surface area contributed by atoms with Crippen LogP contribution in [0.25, 0.3) is 0 Å². The van der Waals surface area contributed by atoms with Crippen LogP contribution in [0.4, 0.5) is 5.69 Å². The molecule has 2 rings (SSSR count). The number of esters is 1. The van der Waals surface area contributed by atoms with Crippen LogP contribution in [0.1, 0.15) is 17.5 Å². The molecule has 26 heavy (non-hydrogen) atoms. The summed E-state index contributed by atoms with van der Waals surface area (Å²) in [4.78, 5) is 23.6. The molecule has 0 spiro atoms. The van der Waals surface area contributed by atoms with Gasteiger partial charge in [0.05, 0.1) is 18.1 Å². The zero-order valence-electron chi connectivity index (χ0n) is 14.7. The second kappa shape index (κ2) is 10.9. The maximum atomic E-state index is 11.9. The number of amides is 1. The van der Waals surface area contributed by atoms with Gasteiger partial charge in [0.1, 0.15) is 0 Å². The van der Waals surface area contributed by atoms with E-state index in [9.17, 15) is 9.59 Å². The van der Waals surface area contributed by atoms with Gasteiger partial charge in [-0.25, -0.2) is 0 Å². The van der Waals surface area contributed by atoms with E-state index in [0.717, 1.165) is 24.1 Å². The van der Waals surface area contributed by atoms with Crippen LogP contribution in [0.2, 0.25) is 5.02 Å². The van der Waals surface area contributed by atoms with Crippen molar-refractivity contribution in [3.05, 3.63) is 64.7 Å². The summed E-state index contributed by atoms with van der Waals surface area (Å²) in [6.07, 6.45) is 1.67. The number of hydrogen-bond donors (Lipinski definition) is 1. The molecular formula is C20H22ClNO3S. The minimum Gasteiger partial charge on any atom is -0.465 e. The molecule has 0 saturated heterocycles. The fourth-order valence-corrected chi connectivity index (χ4v) is 3.17. The Balaban J connectivity index is 1.58. The van der Waals surface area contributed by atoms with Gasteiger partial charge in [0.2, 0.25) is 5.91 Å². The Bertz CT molecular complexity index is 737. The Morgan fingerprint density at radius 2 is 1.88 bits per heavy atom. The van der Waals surface area contributed by atoms with E-state index in [4.69, 9.17) is 16.3 Å². The molecule has 0 atom stereocenters. The highest BCUT2D eigenvalue weighted by molar-refractivity contribution is 8.00. The third-order valence-electron chi connectivity index (χ3n) is 3.63. The summed E-state index contributed by atoms with van der Waals surface area (Å²) in [5.74, 6) is -0.0876. The summed E-state index contributed by atoms with van der Waals surface area (Å²) in [6, 6.07) is 15.4. The molecule has 0 radical (unpaired) electrons. The Morgan fingerprint density at radius 3 is 2.62 bits per heavy atom. The molecule has 0 aliphatic carbocycles. The van der Waals surface area contributed by atoms with E-state index >= 15 is 0 Å². The van der Waals surface area contributed by atoms with Crippen molar-refractivity contribution >= 4 is 40.9 Å². The van der Waals surface area contributed by atoms with Crippen molar-refractivity contribution in [2.45, 2.75) is 19.8 Å². The molecule has 0 bridgehead atoms. The van der Waals surface area contributed by atoms with Gasteiger partial charge < -0.3 is 10.1 Å². The maximum Gasteiger partial charge on any atom is 0.315 e. The van der Waals surface area contributed by atoms with E-state index in [1.165, 1.54) is 17.3 Å². The van der Waals surface area contributed by atoms with Crippen LogP contribution < -0.4 is 5.32 Å². The first-order valence-corrected chi connectivity index (χ1v) is 9.91. The molecular weight excluding hydrogens is 370 g/mol. The average molecular weight is 392 g/mol. The van der Waals surface area contributed by atoms with E-state index in [1.54, 1.807) is 18.2 Å².